The lowest BCUT2D eigenvalue weighted by molar-refractivity contribution is -0.139. The molecule has 2 aliphatic rings. The van der Waals surface area contributed by atoms with Crippen LogP contribution in [0.5, 0.6) is 0 Å². The Balaban J connectivity index is 1.67. The van der Waals surface area contributed by atoms with Gasteiger partial charge >= 0.3 is 0 Å². The zero-order chi connectivity index (χ0) is 17.3. The van der Waals surface area contributed by atoms with Crippen molar-refractivity contribution in [3.8, 4) is 0 Å². The second kappa shape index (κ2) is 6.75. The van der Waals surface area contributed by atoms with E-state index in [1.807, 2.05) is 32.0 Å². The Bertz CT molecular complexity index is 670. The third kappa shape index (κ3) is 2.95. The zero-order valence-corrected chi connectivity index (χ0v) is 14.3. The molecule has 1 fully saturated rings. The fraction of sp³-hybridized carbons (Fsp3) is 0.526. The Kier molecular flexibility index (Phi) is 4.69. The lowest BCUT2D eigenvalue weighted by Gasteiger charge is -2.27. The molecule has 24 heavy (non-hydrogen) atoms. The van der Waals surface area contributed by atoms with E-state index in [0.29, 0.717) is 18.7 Å². The van der Waals surface area contributed by atoms with Crippen LogP contribution in [-0.2, 0) is 16.1 Å². The normalized spacial score (nSPS) is 21.1. The number of likely N-dealkylation sites (tertiary alicyclic amines) is 1. The first kappa shape index (κ1) is 16.7. The minimum Gasteiger partial charge on any atom is -0.331 e. The van der Waals surface area contributed by atoms with Crippen LogP contribution in [-0.4, -0.2) is 46.5 Å². The van der Waals surface area contributed by atoms with Gasteiger partial charge in [-0.3, -0.25) is 14.4 Å². The molecular weight excluding hydrogens is 304 g/mol. The van der Waals surface area contributed by atoms with Gasteiger partial charge in [0.05, 0.1) is 6.04 Å². The van der Waals surface area contributed by atoms with Crippen molar-refractivity contribution in [1.82, 2.24) is 9.80 Å². The highest BCUT2D eigenvalue weighted by atomic mass is 16.2. The summed E-state index contributed by atoms with van der Waals surface area (Å²) in [6.45, 7) is 5.05. The van der Waals surface area contributed by atoms with Gasteiger partial charge in [-0.25, -0.2) is 0 Å². The number of Topliss-reactive ketones (excluding diaryl/α,β-unsaturated/α-hetero) is 1. The molecule has 3 rings (SSSR count). The molecule has 0 spiro atoms. The number of carbonyl (C=O) groups excluding carboxylic acids is 3. The van der Waals surface area contributed by atoms with E-state index in [1.54, 1.807) is 15.9 Å². The van der Waals surface area contributed by atoms with E-state index in [-0.39, 0.29) is 36.1 Å². The number of fused-ring (bicyclic) bond motifs is 1. The molecule has 0 radical (unpaired) electrons. The van der Waals surface area contributed by atoms with Crippen LogP contribution in [0.1, 0.15) is 49.0 Å². The van der Waals surface area contributed by atoms with Gasteiger partial charge in [0, 0.05) is 24.6 Å². The van der Waals surface area contributed by atoms with Crippen LogP contribution in [0.25, 0.3) is 0 Å². The fourth-order valence-electron chi connectivity index (χ4n) is 3.59. The van der Waals surface area contributed by atoms with Crippen LogP contribution < -0.4 is 0 Å². The molecule has 2 amide bonds. The molecule has 5 heteroatoms. The SMILES string of the molecule is CCC(C)C(=O)C1CCCN1C(=O)CN1Cc2ccccc2C1=O. The third-order valence-corrected chi connectivity index (χ3v) is 5.22. The van der Waals surface area contributed by atoms with Crippen molar-refractivity contribution in [1.29, 1.82) is 0 Å². The number of amides is 2. The largest absolute Gasteiger partial charge is 0.331 e. The number of nitrogens with zero attached hydrogens (tertiary/aromatic N) is 2. The van der Waals surface area contributed by atoms with E-state index < -0.39 is 0 Å². The standard InChI is InChI=1S/C19H24N2O3/c1-3-13(2)18(23)16-9-6-10-21(16)17(22)12-20-11-14-7-4-5-8-15(14)19(20)24/h4-5,7-8,13,16H,3,6,9-12H2,1-2H3. The highest BCUT2D eigenvalue weighted by Gasteiger charge is 2.37. The van der Waals surface area contributed by atoms with Crippen LogP contribution in [0.2, 0.25) is 0 Å². The molecule has 0 bridgehead atoms. The number of rotatable bonds is 5. The second-order valence-electron chi connectivity index (χ2n) is 6.78. The van der Waals surface area contributed by atoms with Gasteiger partial charge in [0.25, 0.3) is 5.91 Å². The molecule has 1 aromatic carbocycles. The quantitative estimate of drug-likeness (QED) is 0.833. The maximum atomic E-state index is 12.7. The van der Waals surface area contributed by atoms with Gasteiger partial charge in [-0.2, -0.15) is 0 Å². The van der Waals surface area contributed by atoms with Crippen molar-refractivity contribution in [3.63, 3.8) is 0 Å². The number of benzene rings is 1. The first-order valence-electron chi connectivity index (χ1n) is 8.73. The van der Waals surface area contributed by atoms with Gasteiger partial charge in [0.15, 0.2) is 5.78 Å². The van der Waals surface area contributed by atoms with Gasteiger partial charge in [-0.15, -0.1) is 0 Å². The van der Waals surface area contributed by atoms with Crippen molar-refractivity contribution in [3.05, 3.63) is 35.4 Å². The molecule has 5 nitrogen and oxygen atoms in total. The summed E-state index contributed by atoms with van der Waals surface area (Å²) in [5.41, 5.74) is 1.64. The smallest absolute Gasteiger partial charge is 0.254 e. The Morgan fingerprint density at radius 2 is 2.04 bits per heavy atom. The van der Waals surface area contributed by atoms with E-state index in [2.05, 4.69) is 0 Å². The lowest BCUT2D eigenvalue weighted by Crippen LogP contribution is -2.46. The average molecular weight is 328 g/mol. The van der Waals surface area contributed by atoms with E-state index in [1.165, 1.54) is 0 Å². The zero-order valence-electron chi connectivity index (χ0n) is 14.3. The van der Waals surface area contributed by atoms with E-state index >= 15 is 0 Å². The van der Waals surface area contributed by atoms with Crippen LogP contribution in [0.3, 0.4) is 0 Å². The van der Waals surface area contributed by atoms with E-state index in [9.17, 15) is 14.4 Å². The van der Waals surface area contributed by atoms with Crippen LogP contribution in [0.4, 0.5) is 0 Å². The lowest BCUT2D eigenvalue weighted by atomic mass is 9.96. The fourth-order valence-corrected chi connectivity index (χ4v) is 3.59. The molecule has 2 unspecified atom stereocenters. The van der Waals surface area contributed by atoms with Gasteiger partial charge in [0.1, 0.15) is 6.54 Å². The van der Waals surface area contributed by atoms with Gasteiger partial charge in [0.2, 0.25) is 5.91 Å². The van der Waals surface area contributed by atoms with Gasteiger partial charge in [-0.1, -0.05) is 32.0 Å². The first-order chi connectivity index (χ1) is 11.5. The van der Waals surface area contributed by atoms with Gasteiger partial charge < -0.3 is 9.80 Å². The summed E-state index contributed by atoms with van der Waals surface area (Å²) in [6, 6.07) is 7.14. The van der Waals surface area contributed by atoms with Crippen molar-refractivity contribution in [2.24, 2.45) is 5.92 Å². The minimum atomic E-state index is -0.312. The molecular formula is C19H24N2O3. The van der Waals surface area contributed by atoms with Crippen LogP contribution in [0.15, 0.2) is 24.3 Å². The summed E-state index contributed by atoms with van der Waals surface area (Å²) in [4.78, 5) is 40.9. The monoisotopic (exact) mass is 328 g/mol. The summed E-state index contributed by atoms with van der Waals surface area (Å²) < 4.78 is 0. The predicted molar refractivity (Wildman–Crippen MR) is 90.4 cm³/mol. The van der Waals surface area contributed by atoms with Crippen LogP contribution >= 0.6 is 0 Å². The first-order valence-corrected chi connectivity index (χ1v) is 8.73. The molecule has 0 aliphatic carbocycles. The Morgan fingerprint density at radius 3 is 2.75 bits per heavy atom. The average Bonchev–Trinajstić information content (AvgIpc) is 3.19. The molecule has 2 atom stereocenters. The second-order valence-corrected chi connectivity index (χ2v) is 6.78. The molecule has 1 saturated heterocycles. The van der Waals surface area contributed by atoms with Crippen molar-refractivity contribution in [2.45, 2.75) is 45.7 Å². The summed E-state index contributed by atoms with van der Waals surface area (Å²) in [6.07, 6.45) is 2.38. The minimum absolute atomic E-state index is 0.0268. The molecule has 0 saturated carbocycles. The summed E-state index contributed by atoms with van der Waals surface area (Å²) in [5.74, 6) is -0.0845. The van der Waals surface area contributed by atoms with Crippen LogP contribution in [0, 0.1) is 5.92 Å². The topological polar surface area (TPSA) is 57.7 Å². The molecule has 0 aromatic heterocycles. The highest BCUT2D eigenvalue weighted by molar-refractivity contribution is 6.00. The van der Waals surface area contributed by atoms with Crippen molar-refractivity contribution >= 4 is 17.6 Å². The van der Waals surface area contributed by atoms with Crippen molar-refractivity contribution in [2.75, 3.05) is 13.1 Å². The third-order valence-electron chi connectivity index (χ3n) is 5.22. The Morgan fingerprint density at radius 1 is 1.29 bits per heavy atom. The molecule has 0 N–H and O–H groups in total. The number of hydrogen-bond donors (Lipinski definition) is 0. The number of hydrogen-bond acceptors (Lipinski definition) is 3. The summed E-state index contributed by atoms with van der Waals surface area (Å²) in [5, 5.41) is 0. The molecule has 128 valence electrons. The number of ketones is 1. The highest BCUT2D eigenvalue weighted by Crippen LogP contribution is 2.25. The van der Waals surface area contributed by atoms with E-state index in [0.717, 1.165) is 24.8 Å². The van der Waals surface area contributed by atoms with Crippen molar-refractivity contribution < 1.29 is 14.4 Å². The van der Waals surface area contributed by atoms with E-state index in [4.69, 9.17) is 0 Å². The Labute approximate surface area is 142 Å². The Hall–Kier alpha value is -2.17. The van der Waals surface area contributed by atoms with Gasteiger partial charge in [-0.05, 0) is 30.9 Å². The number of carbonyl (C=O) groups is 3. The summed E-state index contributed by atoms with van der Waals surface area (Å²) >= 11 is 0. The summed E-state index contributed by atoms with van der Waals surface area (Å²) in [7, 11) is 0. The predicted octanol–water partition coefficient (Wildman–Crippen LogP) is 2.25. The molecule has 2 heterocycles. The maximum Gasteiger partial charge on any atom is 0.254 e. The molecule has 2 aliphatic heterocycles. The molecule has 1 aromatic rings. The maximum absolute atomic E-state index is 12.7.